The Balaban J connectivity index is 1.48. The molecule has 2 aromatic carbocycles. The third-order valence-electron chi connectivity index (χ3n) is 6.82. The molecule has 0 saturated carbocycles. The van der Waals surface area contributed by atoms with Crippen LogP contribution >= 0.6 is 11.8 Å². The normalized spacial score (nSPS) is 19.1. The molecule has 1 aromatic heterocycles. The first-order valence-corrected chi connectivity index (χ1v) is 15.2. The van der Waals surface area contributed by atoms with Gasteiger partial charge in [0, 0.05) is 28.5 Å². The van der Waals surface area contributed by atoms with Crippen LogP contribution in [-0.4, -0.2) is 64.2 Å². The highest BCUT2D eigenvalue weighted by Gasteiger charge is 2.47. The standard InChI is InChI=1S/C32H35F3N4O5S/c1-21(2)15-43-31(40)44-32(18-39-20-37-19-38-39,27-12-10-24(33)13-29(27)35)22(3)45-26-16-41-30(42-17-26)8-6-5-7-23-9-11-25(36-4)14-28(23)34/h5-14,19-22,26,30H,4,15-18H2,1-3H3/b7-5+,8-6+/t22?,26?,30?,32-/m1/s1. The van der Waals surface area contributed by atoms with Gasteiger partial charge < -0.3 is 18.9 Å². The summed E-state index contributed by atoms with van der Waals surface area (Å²) in [6, 6.07) is 7.67. The van der Waals surface area contributed by atoms with Crippen LogP contribution < -0.4 is 0 Å². The van der Waals surface area contributed by atoms with Crippen LogP contribution in [0.1, 0.15) is 31.9 Å². The molecule has 3 aromatic rings. The Labute approximate surface area is 264 Å². The molecule has 4 rings (SSSR count). The van der Waals surface area contributed by atoms with Crippen molar-refractivity contribution in [1.82, 2.24) is 14.8 Å². The summed E-state index contributed by atoms with van der Waals surface area (Å²) in [6.07, 6.45) is 7.73. The second-order valence-corrected chi connectivity index (χ2v) is 12.4. The largest absolute Gasteiger partial charge is 0.509 e. The smallest absolute Gasteiger partial charge is 0.434 e. The molecule has 2 heterocycles. The summed E-state index contributed by atoms with van der Waals surface area (Å²) in [5.41, 5.74) is -0.883. The number of thioether (sulfide) groups is 1. The van der Waals surface area contributed by atoms with E-state index in [0.717, 1.165) is 12.1 Å². The second-order valence-electron chi connectivity index (χ2n) is 10.7. The number of allylic oxidation sites excluding steroid dienone is 2. The molecule has 0 bridgehead atoms. The van der Waals surface area contributed by atoms with E-state index in [9.17, 15) is 13.6 Å². The minimum absolute atomic E-state index is 0.0354. The lowest BCUT2D eigenvalue weighted by atomic mass is 9.89. The fourth-order valence-corrected chi connectivity index (χ4v) is 5.92. The van der Waals surface area contributed by atoms with Gasteiger partial charge in [0.15, 0.2) is 11.9 Å². The number of ether oxygens (including phenoxy) is 4. The maximum absolute atomic E-state index is 15.4. The summed E-state index contributed by atoms with van der Waals surface area (Å²) in [7, 11) is 0. The van der Waals surface area contributed by atoms with Crippen LogP contribution in [0.4, 0.5) is 23.7 Å². The monoisotopic (exact) mass is 644 g/mol. The summed E-state index contributed by atoms with van der Waals surface area (Å²) in [4.78, 5) is 20.6. The molecule has 0 N–H and O–H groups in total. The van der Waals surface area contributed by atoms with Gasteiger partial charge in [0.25, 0.3) is 0 Å². The molecule has 1 unspecified atom stereocenters. The molecule has 0 amide bonds. The first-order chi connectivity index (χ1) is 21.6. The predicted molar refractivity (Wildman–Crippen MR) is 166 cm³/mol. The average molecular weight is 645 g/mol. The van der Waals surface area contributed by atoms with Crippen LogP contribution in [0.5, 0.6) is 0 Å². The van der Waals surface area contributed by atoms with Crippen LogP contribution in [-0.2, 0) is 31.1 Å². The molecule has 0 radical (unpaired) electrons. The van der Waals surface area contributed by atoms with Crippen LogP contribution in [0.25, 0.3) is 6.08 Å². The van der Waals surface area contributed by atoms with E-state index in [-0.39, 0.29) is 43.1 Å². The molecule has 0 aliphatic carbocycles. The zero-order chi connectivity index (χ0) is 32.4. The molecule has 1 aliphatic heterocycles. The minimum atomic E-state index is -1.68. The number of hydrogen-bond acceptors (Lipinski definition) is 9. The Morgan fingerprint density at radius 1 is 1.16 bits per heavy atom. The van der Waals surface area contributed by atoms with Crippen LogP contribution in [0.2, 0.25) is 0 Å². The van der Waals surface area contributed by atoms with E-state index in [0.29, 0.717) is 11.3 Å². The van der Waals surface area contributed by atoms with Gasteiger partial charge in [-0.15, -0.1) is 11.8 Å². The maximum Gasteiger partial charge on any atom is 0.509 e. The predicted octanol–water partition coefficient (Wildman–Crippen LogP) is 6.87. The van der Waals surface area contributed by atoms with E-state index in [1.165, 1.54) is 41.2 Å². The van der Waals surface area contributed by atoms with Gasteiger partial charge in [-0.3, -0.25) is 4.99 Å². The first-order valence-electron chi connectivity index (χ1n) is 14.2. The van der Waals surface area contributed by atoms with E-state index in [1.54, 1.807) is 43.4 Å². The highest BCUT2D eigenvalue weighted by Crippen LogP contribution is 2.42. The zero-order valence-corrected chi connectivity index (χ0v) is 26.0. The third-order valence-corrected chi connectivity index (χ3v) is 8.26. The minimum Gasteiger partial charge on any atom is -0.434 e. The van der Waals surface area contributed by atoms with Gasteiger partial charge in [0.2, 0.25) is 0 Å². The van der Waals surface area contributed by atoms with Crippen molar-refractivity contribution < 1.29 is 36.9 Å². The number of hydrogen-bond donors (Lipinski definition) is 0. The van der Waals surface area contributed by atoms with Crippen molar-refractivity contribution in [2.45, 2.75) is 49.7 Å². The maximum atomic E-state index is 15.4. The summed E-state index contributed by atoms with van der Waals surface area (Å²) in [5, 5.41) is 3.28. The molecule has 2 atom stereocenters. The summed E-state index contributed by atoms with van der Waals surface area (Å²) in [6.45, 7) is 9.40. The molecule has 1 aliphatic rings. The Morgan fingerprint density at radius 2 is 1.93 bits per heavy atom. The van der Waals surface area contributed by atoms with Crippen LogP contribution in [0, 0.1) is 23.4 Å². The lowest BCUT2D eigenvalue weighted by molar-refractivity contribution is -0.146. The van der Waals surface area contributed by atoms with Crippen molar-refractivity contribution in [2.75, 3.05) is 19.8 Å². The highest BCUT2D eigenvalue weighted by molar-refractivity contribution is 8.00. The SMILES string of the molecule is C=Nc1ccc(/C=C/C=C/C2OCC(SC(C)[C@@](Cn3cncn3)(OC(=O)OCC(C)C)c3ccc(F)cc3F)CO2)c(F)c1. The number of halogens is 3. The van der Waals surface area contributed by atoms with Gasteiger partial charge in [-0.2, -0.15) is 5.10 Å². The fraction of sp³-hybridized carbons (Fsp3) is 0.375. The molecule has 240 valence electrons. The quantitative estimate of drug-likeness (QED) is 0.113. The Kier molecular flexibility index (Phi) is 12.0. The molecule has 9 nitrogen and oxygen atoms in total. The first kappa shape index (κ1) is 33.9. The van der Waals surface area contributed by atoms with Crippen molar-refractivity contribution in [1.29, 1.82) is 0 Å². The van der Waals surface area contributed by atoms with E-state index in [2.05, 4.69) is 21.8 Å². The van der Waals surface area contributed by atoms with Crippen molar-refractivity contribution in [3.8, 4) is 0 Å². The van der Waals surface area contributed by atoms with Gasteiger partial charge in [0.05, 0.1) is 37.3 Å². The molecule has 45 heavy (non-hydrogen) atoms. The summed E-state index contributed by atoms with van der Waals surface area (Å²) >= 11 is 1.36. The highest BCUT2D eigenvalue weighted by atomic mass is 32.2. The van der Waals surface area contributed by atoms with Crippen molar-refractivity contribution >= 4 is 36.4 Å². The topological polar surface area (TPSA) is 97.1 Å². The van der Waals surface area contributed by atoms with Gasteiger partial charge in [0.1, 0.15) is 30.1 Å². The average Bonchev–Trinajstić information content (AvgIpc) is 3.52. The Bertz CT molecular complexity index is 1500. The number of carbonyl (C=O) groups is 1. The van der Waals surface area contributed by atoms with E-state index in [1.807, 2.05) is 13.8 Å². The van der Waals surface area contributed by atoms with E-state index < -0.39 is 40.7 Å². The second kappa shape index (κ2) is 15.9. The van der Waals surface area contributed by atoms with E-state index in [4.69, 9.17) is 18.9 Å². The van der Waals surface area contributed by atoms with Crippen LogP contribution in [0.15, 0.2) is 72.3 Å². The van der Waals surface area contributed by atoms with Gasteiger partial charge >= 0.3 is 6.16 Å². The number of rotatable bonds is 13. The van der Waals surface area contributed by atoms with Crippen LogP contribution in [0.3, 0.4) is 0 Å². The fourth-order valence-electron chi connectivity index (χ4n) is 4.56. The van der Waals surface area contributed by atoms with Crippen molar-refractivity contribution in [3.63, 3.8) is 0 Å². The Morgan fingerprint density at radius 3 is 2.58 bits per heavy atom. The van der Waals surface area contributed by atoms with Gasteiger partial charge in [-0.25, -0.2) is 27.6 Å². The Hall–Kier alpha value is -3.94. The van der Waals surface area contributed by atoms with Gasteiger partial charge in [-0.05, 0) is 49.9 Å². The lowest BCUT2D eigenvalue weighted by Crippen LogP contribution is -2.47. The van der Waals surface area contributed by atoms with E-state index >= 15 is 4.39 Å². The zero-order valence-electron chi connectivity index (χ0n) is 25.1. The third kappa shape index (κ3) is 9.28. The lowest BCUT2D eigenvalue weighted by Gasteiger charge is -2.40. The summed E-state index contributed by atoms with van der Waals surface area (Å²) < 4.78 is 67.9. The number of carbonyl (C=O) groups excluding carboxylic acids is 1. The number of aliphatic imine (C=N–C) groups is 1. The van der Waals surface area contributed by atoms with Crippen molar-refractivity contribution in [2.24, 2.45) is 10.9 Å². The molecule has 0 spiro atoms. The molecule has 1 fully saturated rings. The van der Waals surface area contributed by atoms with Crippen molar-refractivity contribution in [3.05, 3.63) is 95.9 Å². The number of nitrogens with zero attached hydrogens (tertiary/aromatic N) is 4. The van der Waals surface area contributed by atoms with Gasteiger partial charge in [-0.1, -0.05) is 32.1 Å². The molecular weight excluding hydrogens is 609 g/mol. The molecule has 1 saturated heterocycles. The number of aromatic nitrogens is 3. The molecular formula is C32H35F3N4O5S. The number of benzene rings is 2. The summed E-state index contributed by atoms with van der Waals surface area (Å²) in [5.74, 6) is -2.04. The molecule has 13 heteroatoms.